The van der Waals surface area contributed by atoms with E-state index in [2.05, 4.69) is 5.43 Å². The van der Waals surface area contributed by atoms with Gasteiger partial charge in [-0.3, -0.25) is 10.2 Å². The van der Waals surface area contributed by atoms with Crippen molar-refractivity contribution in [2.75, 3.05) is 6.61 Å². The van der Waals surface area contributed by atoms with Crippen LogP contribution in [-0.4, -0.2) is 20.9 Å². The van der Waals surface area contributed by atoms with E-state index in [1.165, 1.54) is 18.2 Å². The first kappa shape index (κ1) is 19.5. The molecule has 2 aromatic carbocycles. The molecule has 134 valence electrons. The Morgan fingerprint density at radius 1 is 1.08 bits per heavy atom. The standard InChI is InChI=1S/C16H16Cl2N2O4S/c1-10-4-3-5-11(2)16(10)24-9-15(21)19-20-25(22,23)14-7-12(17)6-13(18)8-14/h3-8,20H,9H2,1-2H3,(H,19,21). The molecule has 0 heterocycles. The Kier molecular flexibility index (Phi) is 6.29. The molecule has 0 aliphatic rings. The van der Waals surface area contributed by atoms with Crippen LogP contribution in [0.1, 0.15) is 11.1 Å². The molecule has 0 saturated carbocycles. The van der Waals surface area contributed by atoms with Gasteiger partial charge in [0.2, 0.25) is 0 Å². The number of hydrogen-bond donors (Lipinski definition) is 2. The third-order valence-corrected chi connectivity index (χ3v) is 4.89. The summed E-state index contributed by atoms with van der Waals surface area (Å²) in [6.07, 6.45) is 0. The summed E-state index contributed by atoms with van der Waals surface area (Å²) >= 11 is 11.6. The van der Waals surface area contributed by atoms with Crippen LogP contribution in [-0.2, 0) is 14.8 Å². The summed E-state index contributed by atoms with van der Waals surface area (Å²) in [6.45, 7) is 3.36. The molecule has 0 radical (unpaired) electrons. The van der Waals surface area contributed by atoms with Crippen LogP contribution in [0.15, 0.2) is 41.3 Å². The second-order valence-corrected chi connectivity index (χ2v) is 7.82. The summed E-state index contributed by atoms with van der Waals surface area (Å²) in [5.41, 5.74) is 3.84. The van der Waals surface area contributed by atoms with Gasteiger partial charge in [-0.05, 0) is 43.2 Å². The molecule has 1 amide bonds. The van der Waals surface area contributed by atoms with E-state index >= 15 is 0 Å². The predicted octanol–water partition coefficient (Wildman–Crippen LogP) is 3.00. The van der Waals surface area contributed by atoms with Gasteiger partial charge in [-0.2, -0.15) is 0 Å². The van der Waals surface area contributed by atoms with E-state index in [-0.39, 0.29) is 21.5 Å². The number of rotatable bonds is 6. The quantitative estimate of drug-likeness (QED) is 0.727. The second-order valence-electron chi connectivity index (χ2n) is 5.27. The third-order valence-electron chi connectivity index (χ3n) is 3.23. The highest BCUT2D eigenvalue weighted by molar-refractivity contribution is 7.89. The molecular weight excluding hydrogens is 387 g/mol. The topological polar surface area (TPSA) is 84.5 Å². The lowest BCUT2D eigenvalue weighted by molar-refractivity contribution is -0.123. The van der Waals surface area contributed by atoms with E-state index in [1.807, 2.05) is 36.9 Å². The predicted molar refractivity (Wildman–Crippen MR) is 96.3 cm³/mol. The first-order valence-electron chi connectivity index (χ1n) is 7.15. The molecule has 9 heteroatoms. The van der Waals surface area contributed by atoms with Crippen molar-refractivity contribution in [3.63, 3.8) is 0 Å². The summed E-state index contributed by atoms with van der Waals surface area (Å²) < 4.78 is 29.7. The molecule has 0 bridgehead atoms. The Balaban J connectivity index is 1.97. The van der Waals surface area contributed by atoms with E-state index in [0.29, 0.717) is 5.75 Å². The molecule has 2 aromatic rings. The Hall–Kier alpha value is -1.80. The van der Waals surface area contributed by atoms with E-state index in [9.17, 15) is 13.2 Å². The minimum atomic E-state index is -4.01. The van der Waals surface area contributed by atoms with Crippen molar-refractivity contribution in [3.05, 3.63) is 57.6 Å². The van der Waals surface area contributed by atoms with Gasteiger partial charge < -0.3 is 4.74 Å². The lowest BCUT2D eigenvalue weighted by Crippen LogP contribution is -2.43. The van der Waals surface area contributed by atoms with Crippen LogP contribution in [0.4, 0.5) is 0 Å². The maximum atomic E-state index is 12.1. The Labute approximate surface area is 156 Å². The molecule has 0 unspecified atom stereocenters. The third kappa shape index (κ3) is 5.34. The first-order chi connectivity index (χ1) is 11.7. The second kappa shape index (κ2) is 8.05. The number of carbonyl (C=O) groups is 1. The molecular formula is C16H16Cl2N2O4S. The van der Waals surface area contributed by atoms with Gasteiger partial charge in [0.1, 0.15) is 5.75 Å². The van der Waals surface area contributed by atoms with Crippen LogP contribution in [0.25, 0.3) is 0 Å². The van der Waals surface area contributed by atoms with Crippen molar-refractivity contribution in [2.24, 2.45) is 0 Å². The van der Waals surface area contributed by atoms with Crippen molar-refractivity contribution in [2.45, 2.75) is 18.7 Å². The maximum absolute atomic E-state index is 12.1. The number of halogens is 2. The number of benzene rings is 2. The van der Waals surface area contributed by atoms with E-state index < -0.39 is 15.9 Å². The molecule has 0 saturated heterocycles. The van der Waals surface area contributed by atoms with Crippen LogP contribution < -0.4 is 15.0 Å². The monoisotopic (exact) mass is 402 g/mol. The molecule has 0 aromatic heterocycles. The van der Waals surface area contributed by atoms with Gasteiger partial charge in [0, 0.05) is 10.0 Å². The molecule has 0 aliphatic carbocycles. The highest BCUT2D eigenvalue weighted by atomic mass is 35.5. The molecule has 0 atom stereocenters. The van der Waals surface area contributed by atoms with Gasteiger partial charge in [-0.15, -0.1) is 4.83 Å². The minimum absolute atomic E-state index is 0.164. The number of nitrogens with one attached hydrogen (secondary N) is 2. The summed E-state index contributed by atoms with van der Waals surface area (Å²) in [6, 6.07) is 9.42. The highest BCUT2D eigenvalue weighted by Gasteiger charge is 2.17. The van der Waals surface area contributed by atoms with Crippen LogP contribution >= 0.6 is 23.2 Å². The number of hydrazine groups is 1. The van der Waals surface area contributed by atoms with E-state index in [4.69, 9.17) is 27.9 Å². The van der Waals surface area contributed by atoms with Gasteiger partial charge >= 0.3 is 0 Å². The SMILES string of the molecule is Cc1cccc(C)c1OCC(=O)NNS(=O)(=O)c1cc(Cl)cc(Cl)c1. The van der Waals surface area contributed by atoms with Crippen LogP contribution in [0.5, 0.6) is 5.75 Å². The molecule has 6 nitrogen and oxygen atoms in total. The zero-order chi connectivity index (χ0) is 18.6. The molecule has 0 fully saturated rings. The van der Waals surface area contributed by atoms with Crippen LogP contribution in [0.2, 0.25) is 10.0 Å². The van der Waals surface area contributed by atoms with Gasteiger partial charge in [0.05, 0.1) is 4.90 Å². The van der Waals surface area contributed by atoms with Crippen molar-refractivity contribution in [3.8, 4) is 5.75 Å². The smallest absolute Gasteiger partial charge is 0.272 e. The van der Waals surface area contributed by atoms with Crippen LogP contribution in [0, 0.1) is 13.8 Å². The normalized spacial score (nSPS) is 11.2. The number of hydrogen-bond acceptors (Lipinski definition) is 4. The minimum Gasteiger partial charge on any atom is -0.483 e. The van der Waals surface area contributed by atoms with Crippen LogP contribution in [0.3, 0.4) is 0 Å². The van der Waals surface area contributed by atoms with Crippen molar-refractivity contribution in [1.82, 2.24) is 10.3 Å². The molecule has 0 aliphatic heterocycles. The van der Waals surface area contributed by atoms with Gasteiger partial charge in [-0.25, -0.2) is 8.42 Å². The summed E-state index contributed by atoms with van der Waals surface area (Å²) in [7, 11) is -4.01. The Morgan fingerprint density at radius 3 is 2.20 bits per heavy atom. The zero-order valence-electron chi connectivity index (χ0n) is 13.5. The average molecular weight is 403 g/mol. The summed E-state index contributed by atoms with van der Waals surface area (Å²) in [4.78, 5) is 13.6. The molecule has 25 heavy (non-hydrogen) atoms. The van der Waals surface area contributed by atoms with Gasteiger partial charge in [-0.1, -0.05) is 41.4 Å². The molecule has 0 spiro atoms. The fourth-order valence-electron chi connectivity index (χ4n) is 2.07. The molecule has 2 rings (SSSR count). The number of ether oxygens (including phenoxy) is 1. The van der Waals surface area contributed by atoms with E-state index in [1.54, 1.807) is 0 Å². The van der Waals surface area contributed by atoms with E-state index in [0.717, 1.165) is 11.1 Å². The number of sulfonamides is 1. The zero-order valence-corrected chi connectivity index (χ0v) is 15.8. The fraction of sp³-hybridized carbons (Fsp3) is 0.188. The number of carbonyl (C=O) groups excluding carboxylic acids is 1. The maximum Gasteiger partial charge on any atom is 0.272 e. The number of aryl methyl sites for hydroxylation is 2. The van der Waals surface area contributed by atoms with Crippen molar-refractivity contribution >= 4 is 39.1 Å². The molecule has 2 N–H and O–H groups in total. The highest BCUT2D eigenvalue weighted by Crippen LogP contribution is 2.23. The number of amides is 1. The van der Waals surface area contributed by atoms with Gasteiger partial charge in [0.25, 0.3) is 15.9 Å². The Bertz CT molecular complexity index is 861. The fourth-order valence-corrected chi connectivity index (χ4v) is 3.65. The summed E-state index contributed by atoms with van der Waals surface area (Å²) in [5.74, 6) is -0.0681. The number of para-hydroxylation sites is 1. The van der Waals surface area contributed by atoms with Crippen molar-refractivity contribution < 1.29 is 17.9 Å². The van der Waals surface area contributed by atoms with Crippen molar-refractivity contribution in [1.29, 1.82) is 0 Å². The average Bonchev–Trinajstić information content (AvgIpc) is 2.51. The lowest BCUT2D eigenvalue weighted by Gasteiger charge is -2.12. The first-order valence-corrected chi connectivity index (χ1v) is 9.39. The Morgan fingerprint density at radius 2 is 1.64 bits per heavy atom. The lowest BCUT2D eigenvalue weighted by atomic mass is 10.1. The summed E-state index contributed by atoms with van der Waals surface area (Å²) in [5, 5.41) is 0.329. The largest absolute Gasteiger partial charge is 0.483 e. The van der Waals surface area contributed by atoms with Gasteiger partial charge in [0.15, 0.2) is 6.61 Å².